The van der Waals surface area contributed by atoms with Crippen LogP contribution in [0, 0.1) is 0 Å². The Bertz CT molecular complexity index is 2940. The van der Waals surface area contributed by atoms with Gasteiger partial charge in [0.2, 0.25) is 0 Å². The van der Waals surface area contributed by atoms with Crippen molar-refractivity contribution < 1.29 is 0 Å². The molecule has 0 fully saturated rings. The fraction of sp³-hybridized carbons (Fsp3) is 0.0800. The van der Waals surface area contributed by atoms with Crippen molar-refractivity contribution in [3.05, 3.63) is 204 Å². The highest BCUT2D eigenvalue weighted by atomic mass is 32.2. The molecular weight excluding hydrogens is 689 g/mol. The Balaban J connectivity index is 0.980. The van der Waals surface area contributed by atoms with Gasteiger partial charge in [-0.15, -0.1) is 0 Å². The van der Waals surface area contributed by atoms with Crippen LogP contribution in [0.5, 0.6) is 0 Å². The lowest BCUT2D eigenvalue weighted by Gasteiger charge is -2.33. The molecule has 8 aromatic carbocycles. The standard InChI is InChI=1S/C50H38N4S/c1-53-48-46(55-50(53)37-24-27-41-40-19-11-12-20-44(40)54(45(41)30-37)38-17-9-4-10-18-38)28-25-34-21-22-35-29-36(23-26-39(35)47(34)48)49-51-42(32-13-5-2-6-14-32)31-43(52-49)33-15-7-3-8-16-33/h2-31,42,49-52H,1H3. The summed E-state index contributed by atoms with van der Waals surface area (Å²) in [5, 5.41) is 15.5. The molecule has 11 rings (SSSR count). The molecule has 2 N–H and O–H groups in total. The van der Waals surface area contributed by atoms with E-state index in [1.165, 1.54) is 81.9 Å². The number of thioether (sulfide) groups is 1. The molecule has 0 spiro atoms. The van der Waals surface area contributed by atoms with Gasteiger partial charge < -0.3 is 14.8 Å². The van der Waals surface area contributed by atoms with Crippen LogP contribution in [0.15, 0.2) is 187 Å². The molecular formula is C50H38N4S. The molecule has 0 saturated heterocycles. The first-order valence-electron chi connectivity index (χ1n) is 19.0. The maximum atomic E-state index is 3.89. The molecule has 264 valence electrons. The lowest BCUT2D eigenvalue weighted by molar-refractivity contribution is 0.443. The monoisotopic (exact) mass is 726 g/mol. The minimum absolute atomic E-state index is 0.0593. The van der Waals surface area contributed by atoms with E-state index in [2.05, 4.69) is 209 Å². The number of aromatic nitrogens is 1. The molecule has 5 heteroatoms. The topological polar surface area (TPSA) is 32.2 Å². The van der Waals surface area contributed by atoms with Gasteiger partial charge in [-0.2, -0.15) is 0 Å². The van der Waals surface area contributed by atoms with Crippen LogP contribution in [0.4, 0.5) is 5.69 Å². The SMILES string of the molecule is CN1c2c(ccc3ccc4cc(C5NC(c6ccccc6)=CC(c6ccccc6)N5)ccc4c23)SC1c1ccc2c3ccccc3n(-c3ccccc3)c2c1. The second-order valence-corrected chi connectivity index (χ2v) is 15.8. The lowest BCUT2D eigenvalue weighted by Crippen LogP contribution is -2.39. The van der Waals surface area contributed by atoms with Crippen molar-refractivity contribution in [1.29, 1.82) is 0 Å². The molecule has 3 atom stereocenters. The summed E-state index contributed by atoms with van der Waals surface area (Å²) < 4.78 is 2.41. The van der Waals surface area contributed by atoms with Crippen molar-refractivity contribution in [3.8, 4) is 5.69 Å². The van der Waals surface area contributed by atoms with Crippen molar-refractivity contribution >= 4 is 66.5 Å². The number of para-hydroxylation sites is 2. The van der Waals surface area contributed by atoms with Crippen molar-refractivity contribution in [1.82, 2.24) is 15.2 Å². The number of nitrogens with one attached hydrogen (secondary N) is 2. The zero-order valence-corrected chi connectivity index (χ0v) is 31.2. The largest absolute Gasteiger partial charge is 0.366 e. The summed E-state index contributed by atoms with van der Waals surface area (Å²) >= 11 is 1.95. The zero-order valence-electron chi connectivity index (χ0n) is 30.4. The maximum Gasteiger partial charge on any atom is 0.105 e. The number of hydrogen-bond acceptors (Lipinski definition) is 4. The van der Waals surface area contributed by atoms with Crippen LogP contribution < -0.4 is 15.5 Å². The van der Waals surface area contributed by atoms with Gasteiger partial charge in [-0.1, -0.05) is 151 Å². The highest BCUT2D eigenvalue weighted by Gasteiger charge is 2.32. The summed E-state index contributed by atoms with van der Waals surface area (Å²) in [5.41, 5.74) is 11.1. The minimum atomic E-state index is -0.0593. The fourth-order valence-electron chi connectivity index (χ4n) is 8.83. The van der Waals surface area contributed by atoms with Crippen LogP contribution in [-0.4, -0.2) is 11.6 Å². The fourth-order valence-corrected chi connectivity index (χ4v) is 10.1. The van der Waals surface area contributed by atoms with Gasteiger partial charge in [0.15, 0.2) is 0 Å². The van der Waals surface area contributed by atoms with E-state index in [0.717, 1.165) is 5.70 Å². The molecule has 0 aliphatic carbocycles. The Morgan fingerprint density at radius 3 is 2.05 bits per heavy atom. The average Bonchev–Trinajstić information content (AvgIpc) is 3.78. The highest BCUT2D eigenvalue weighted by Crippen LogP contribution is 2.54. The van der Waals surface area contributed by atoms with Crippen LogP contribution in [-0.2, 0) is 0 Å². The third kappa shape index (κ3) is 5.34. The van der Waals surface area contributed by atoms with Gasteiger partial charge in [-0.25, -0.2) is 0 Å². The number of hydrogen-bond donors (Lipinski definition) is 2. The normalized spacial score (nSPS) is 18.2. The predicted molar refractivity (Wildman–Crippen MR) is 232 cm³/mol. The van der Waals surface area contributed by atoms with E-state index in [9.17, 15) is 0 Å². The molecule has 3 unspecified atom stereocenters. The summed E-state index contributed by atoms with van der Waals surface area (Å²) in [7, 11) is 2.27. The molecule has 55 heavy (non-hydrogen) atoms. The number of rotatable bonds is 5. The van der Waals surface area contributed by atoms with E-state index in [1.807, 2.05) is 11.8 Å². The van der Waals surface area contributed by atoms with E-state index in [4.69, 9.17) is 0 Å². The molecule has 0 saturated carbocycles. The first-order chi connectivity index (χ1) is 27.2. The number of benzene rings is 8. The van der Waals surface area contributed by atoms with Gasteiger partial charge in [0.05, 0.1) is 22.8 Å². The Morgan fingerprint density at radius 2 is 1.22 bits per heavy atom. The third-order valence-electron chi connectivity index (χ3n) is 11.5. The van der Waals surface area contributed by atoms with Crippen molar-refractivity contribution in [2.75, 3.05) is 11.9 Å². The second kappa shape index (κ2) is 12.9. The van der Waals surface area contributed by atoms with Gasteiger partial charge in [0.1, 0.15) is 11.5 Å². The van der Waals surface area contributed by atoms with Crippen molar-refractivity contribution in [2.45, 2.75) is 22.5 Å². The van der Waals surface area contributed by atoms with Crippen LogP contribution in [0.3, 0.4) is 0 Å². The van der Waals surface area contributed by atoms with Crippen molar-refractivity contribution in [2.24, 2.45) is 0 Å². The summed E-state index contributed by atoms with van der Waals surface area (Å²) in [6.07, 6.45) is 2.25. The molecule has 0 amide bonds. The van der Waals surface area contributed by atoms with E-state index in [1.54, 1.807) is 0 Å². The first kappa shape index (κ1) is 32.2. The van der Waals surface area contributed by atoms with E-state index < -0.39 is 0 Å². The van der Waals surface area contributed by atoms with Gasteiger partial charge in [0.25, 0.3) is 0 Å². The van der Waals surface area contributed by atoms with Gasteiger partial charge in [-0.3, -0.25) is 5.32 Å². The van der Waals surface area contributed by atoms with E-state index in [0.29, 0.717) is 0 Å². The van der Waals surface area contributed by atoms with Gasteiger partial charge in [0, 0.05) is 39.5 Å². The minimum Gasteiger partial charge on any atom is -0.366 e. The molecule has 0 bridgehead atoms. The number of nitrogens with zero attached hydrogens (tertiary/aromatic N) is 2. The zero-order chi connectivity index (χ0) is 36.5. The summed E-state index contributed by atoms with van der Waals surface area (Å²) in [4.78, 5) is 3.82. The first-order valence-corrected chi connectivity index (χ1v) is 19.9. The maximum absolute atomic E-state index is 3.89. The Labute approximate surface area is 324 Å². The third-order valence-corrected chi connectivity index (χ3v) is 12.9. The van der Waals surface area contributed by atoms with Gasteiger partial charge in [-0.05, 0) is 80.9 Å². The van der Waals surface area contributed by atoms with Crippen LogP contribution in [0.1, 0.15) is 39.8 Å². The van der Waals surface area contributed by atoms with Crippen LogP contribution >= 0.6 is 11.8 Å². The predicted octanol–water partition coefficient (Wildman–Crippen LogP) is 12.3. The summed E-state index contributed by atoms with van der Waals surface area (Å²) in [6.45, 7) is 0. The second-order valence-electron chi connectivity index (χ2n) is 14.7. The number of anilines is 1. The molecule has 1 aromatic heterocycles. The molecule has 0 radical (unpaired) electrons. The van der Waals surface area contributed by atoms with Gasteiger partial charge >= 0.3 is 0 Å². The smallest absolute Gasteiger partial charge is 0.105 e. The molecule has 9 aromatic rings. The van der Waals surface area contributed by atoms with E-state index in [-0.39, 0.29) is 17.6 Å². The van der Waals surface area contributed by atoms with Crippen LogP contribution in [0.2, 0.25) is 0 Å². The lowest BCUT2D eigenvalue weighted by atomic mass is 9.95. The molecule has 4 nitrogen and oxygen atoms in total. The van der Waals surface area contributed by atoms with Crippen LogP contribution in [0.25, 0.3) is 54.7 Å². The Kier molecular flexibility index (Phi) is 7.58. The average molecular weight is 727 g/mol. The highest BCUT2D eigenvalue weighted by molar-refractivity contribution is 8.00. The quantitative estimate of drug-likeness (QED) is 0.173. The Morgan fingerprint density at radius 1 is 0.545 bits per heavy atom. The molecule has 2 aliphatic rings. The summed E-state index contributed by atoms with van der Waals surface area (Å²) in [5.74, 6) is 0. The number of fused-ring (bicyclic) bond motifs is 8. The van der Waals surface area contributed by atoms with Crippen molar-refractivity contribution in [3.63, 3.8) is 0 Å². The Hall–Kier alpha value is -6.27. The van der Waals surface area contributed by atoms with E-state index >= 15 is 0 Å². The molecule has 3 heterocycles. The summed E-state index contributed by atoms with van der Waals surface area (Å²) in [6, 6.07) is 64.2. The molecule has 2 aliphatic heterocycles.